The van der Waals surface area contributed by atoms with Crippen LogP contribution >= 0.6 is 31.9 Å². The summed E-state index contributed by atoms with van der Waals surface area (Å²) in [6.45, 7) is 0. The molecular formula is C17H20Br2O. The van der Waals surface area contributed by atoms with Gasteiger partial charge in [0.05, 0.1) is 6.10 Å². The number of benzene rings is 1. The van der Waals surface area contributed by atoms with Crippen LogP contribution in [0, 0.1) is 29.6 Å². The lowest BCUT2D eigenvalue weighted by Gasteiger charge is -2.55. The lowest BCUT2D eigenvalue weighted by atomic mass is 9.50. The number of halogens is 2. The summed E-state index contributed by atoms with van der Waals surface area (Å²) in [6.07, 6.45) is 6.61. The van der Waals surface area contributed by atoms with Crippen LogP contribution < -0.4 is 0 Å². The molecule has 0 spiro atoms. The first-order valence-corrected chi connectivity index (χ1v) is 9.33. The van der Waals surface area contributed by atoms with Gasteiger partial charge in [-0.25, -0.2) is 0 Å². The maximum absolute atomic E-state index is 11.0. The summed E-state index contributed by atoms with van der Waals surface area (Å²) in [7, 11) is 0. The minimum atomic E-state index is -0.308. The van der Waals surface area contributed by atoms with E-state index >= 15 is 0 Å². The van der Waals surface area contributed by atoms with Gasteiger partial charge in [-0.05, 0) is 85.5 Å². The summed E-state index contributed by atoms with van der Waals surface area (Å²) in [5, 5.41) is 11.0. The molecule has 0 amide bonds. The van der Waals surface area contributed by atoms with Crippen LogP contribution in [0.4, 0.5) is 0 Å². The highest BCUT2D eigenvalue weighted by atomic mass is 79.9. The second kappa shape index (κ2) is 5.10. The zero-order valence-corrected chi connectivity index (χ0v) is 14.6. The molecule has 1 aromatic carbocycles. The third-order valence-electron chi connectivity index (χ3n) is 5.94. The Hall–Kier alpha value is 0.140. The van der Waals surface area contributed by atoms with E-state index in [1.807, 2.05) is 12.1 Å². The van der Waals surface area contributed by atoms with Gasteiger partial charge in [-0.1, -0.05) is 31.9 Å². The number of hydrogen-bond donors (Lipinski definition) is 1. The van der Waals surface area contributed by atoms with Gasteiger partial charge in [0.25, 0.3) is 0 Å². The van der Waals surface area contributed by atoms with Crippen LogP contribution in [0.5, 0.6) is 0 Å². The van der Waals surface area contributed by atoms with Gasteiger partial charge in [-0.2, -0.15) is 0 Å². The van der Waals surface area contributed by atoms with Gasteiger partial charge in [0.15, 0.2) is 0 Å². The summed E-state index contributed by atoms with van der Waals surface area (Å²) >= 11 is 7.15. The van der Waals surface area contributed by atoms with E-state index in [2.05, 4.69) is 37.9 Å². The van der Waals surface area contributed by atoms with Crippen LogP contribution in [-0.2, 0) is 0 Å². The first kappa shape index (κ1) is 13.8. The van der Waals surface area contributed by atoms with Crippen molar-refractivity contribution in [3.05, 3.63) is 32.7 Å². The predicted molar refractivity (Wildman–Crippen MR) is 87.3 cm³/mol. The van der Waals surface area contributed by atoms with Crippen molar-refractivity contribution in [1.29, 1.82) is 0 Å². The van der Waals surface area contributed by atoms with Crippen LogP contribution in [-0.4, -0.2) is 5.11 Å². The van der Waals surface area contributed by atoms with Crippen molar-refractivity contribution in [3.63, 3.8) is 0 Å². The molecule has 0 radical (unpaired) electrons. The van der Waals surface area contributed by atoms with Crippen molar-refractivity contribution in [2.45, 2.75) is 38.2 Å². The molecule has 5 rings (SSSR count). The number of hydrogen-bond acceptors (Lipinski definition) is 1. The molecule has 0 saturated heterocycles. The fourth-order valence-corrected chi connectivity index (χ4v) is 6.29. The number of rotatable bonds is 2. The van der Waals surface area contributed by atoms with E-state index in [9.17, 15) is 5.11 Å². The van der Waals surface area contributed by atoms with E-state index in [-0.39, 0.29) is 6.10 Å². The van der Waals surface area contributed by atoms with E-state index in [1.54, 1.807) is 0 Å². The Morgan fingerprint density at radius 2 is 1.55 bits per heavy atom. The first-order chi connectivity index (χ1) is 9.61. The summed E-state index contributed by atoms with van der Waals surface area (Å²) in [4.78, 5) is 0. The van der Waals surface area contributed by atoms with Crippen LogP contribution in [0.3, 0.4) is 0 Å². The number of aliphatic hydroxyl groups is 1. The van der Waals surface area contributed by atoms with Crippen LogP contribution in [0.2, 0.25) is 0 Å². The number of aliphatic hydroxyl groups excluding tert-OH is 1. The Morgan fingerprint density at radius 3 is 2.15 bits per heavy atom. The van der Waals surface area contributed by atoms with Crippen molar-refractivity contribution < 1.29 is 5.11 Å². The topological polar surface area (TPSA) is 20.2 Å². The molecule has 4 saturated carbocycles. The molecule has 108 valence electrons. The second-order valence-electron chi connectivity index (χ2n) is 7.12. The van der Waals surface area contributed by atoms with E-state index in [4.69, 9.17) is 0 Å². The third-order valence-corrected chi connectivity index (χ3v) is 7.16. The van der Waals surface area contributed by atoms with Gasteiger partial charge in [-0.15, -0.1) is 0 Å². The molecule has 1 aromatic rings. The summed E-state index contributed by atoms with van der Waals surface area (Å²) in [6, 6.07) is 6.15. The van der Waals surface area contributed by atoms with E-state index in [0.717, 1.165) is 38.2 Å². The summed E-state index contributed by atoms with van der Waals surface area (Å²) in [5.41, 5.74) is 1.07. The molecule has 4 aliphatic rings. The Balaban J connectivity index is 1.65. The standard InChI is InChI=1S/C17H20Br2O/c18-13-1-2-15(19)14(8-13)17(20)16-11-4-9-3-10(6-11)7-12(16)5-9/h1-2,8-12,16-17,20H,3-7H2. The Kier molecular flexibility index (Phi) is 3.51. The molecule has 1 nitrogen and oxygen atoms in total. The molecule has 1 atom stereocenters. The molecule has 0 aromatic heterocycles. The highest BCUT2D eigenvalue weighted by molar-refractivity contribution is 9.11. The molecule has 3 heteroatoms. The highest BCUT2D eigenvalue weighted by Gasteiger charge is 2.50. The van der Waals surface area contributed by atoms with Gasteiger partial charge < -0.3 is 5.11 Å². The first-order valence-electron chi connectivity index (χ1n) is 7.75. The van der Waals surface area contributed by atoms with Crippen LogP contribution in [0.25, 0.3) is 0 Å². The van der Waals surface area contributed by atoms with E-state index in [0.29, 0.717) is 5.92 Å². The quantitative estimate of drug-likeness (QED) is 0.713. The SMILES string of the molecule is OC(c1cc(Br)ccc1Br)C1C2CC3CC(C2)CC1C3. The van der Waals surface area contributed by atoms with Gasteiger partial charge >= 0.3 is 0 Å². The maximum atomic E-state index is 11.0. The maximum Gasteiger partial charge on any atom is 0.0834 e. The third kappa shape index (κ3) is 2.21. The molecule has 4 bridgehead atoms. The van der Waals surface area contributed by atoms with Crippen LogP contribution in [0.1, 0.15) is 43.8 Å². The van der Waals surface area contributed by atoms with Crippen molar-refractivity contribution in [2.75, 3.05) is 0 Å². The van der Waals surface area contributed by atoms with Crippen molar-refractivity contribution in [2.24, 2.45) is 29.6 Å². The van der Waals surface area contributed by atoms with E-state index in [1.165, 1.54) is 32.1 Å². The average Bonchev–Trinajstić information content (AvgIpc) is 2.40. The smallest absolute Gasteiger partial charge is 0.0834 e. The van der Waals surface area contributed by atoms with Crippen LogP contribution in [0.15, 0.2) is 27.1 Å². The summed E-state index contributed by atoms with van der Waals surface area (Å²) < 4.78 is 2.10. The lowest BCUT2D eigenvalue weighted by Crippen LogP contribution is -2.47. The molecule has 0 aliphatic heterocycles. The Bertz CT molecular complexity index is 500. The second-order valence-corrected chi connectivity index (χ2v) is 8.89. The Morgan fingerprint density at radius 1 is 0.950 bits per heavy atom. The molecule has 4 aliphatic carbocycles. The van der Waals surface area contributed by atoms with Gasteiger partial charge in [0.2, 0.25) is 0 Å². The zero-order valence-electron chi connectivity index (χ0n) is 11.4. The minimum absolute atomic E-state index is 0.308. The highest BCUT2D eigenvalue weighted by Crippen LogP contribution is 2.59. The molecular weight excluding hydrogens is 380 g/mol. The average molecular weight is 400 g/mol. The Labute approximate surface area is 137 Å². The molecule has 20 heavy (non-hydrogen) atoms. The molecule has 4 fully saturated rings. The van der Waals surface area contributed by atoms with Gasteiger partial charge in [0, 0.05) is 8.95 Å². The fraction of sp³-hybridized carbons (Fsp3) is 0.647. The summed E-state index contributed by atoms with van der Waals surface area (Å²) in [5.74, 6) is 3.92. The molecule has 1 unspecified atom stereocenters. The van der Waals surface area contributed by atoms with E-state index < -0.39 is 0 Å². The lowest BCUT2D eigenvalue weighted by molar-refractivity contribution is -0.0910. The van der Waals surface area contributed by atoms with Gasteiger partial charge in [-0.3, -0.25) is 0 Å². The monoisotopic (exact) mass is 398 g/mol. The largest absolute Gasteiger partial charge is 0.388 e. The normalized spacial score (nSPS) is 40.0. The predicted octanol–water partition coefficient (Wildman–Crippen LogP) is 5.32. The molecule has 1 N–H and O–H groups in total. The van der Waals surface area contributed by atoms with Gasteiger partial charge in [0.1, 0.15) is 0 Å². The van der Waals surface area contributed by atoms with Crippen molar-refractivity contribution >= 4 is 31.9 Å². The minimum Gasteiger partial charge on any atom is -0.388 e. The van der Waals surface area contributed by atoms with Crippen molar-refractivity contribution in [1.82, 2.24) is 0 Å². The molecule has 0 heterocycles. The van der Waals surface area contributed by atoms with Crippen molar-refractivity contribution in [3.8, 4) is 0 Å². The zero-order chi connectivity index (χ0) is 13.9. The fourth-order valence-electron chi connectivity index (χ4n) is 5.43.